The maximum Gasteiger partial charge on any atom is 0.105 e. The number of hydrogen-bond donors (Lipinski definition) is 1. The molecule has 0 saturated carbocycles. The lowest BCUT2D eigenvalue weighted by molar-refractivity contribution is -0.156. The molecule has 1 rings (SSSR count). The van der Waals surface area contributed by atoms with Gasteiger partial charge in [0.05, 0.1) is 19.3 Å². The average Bonchev–Trinajstić information content (AvgIpc) is 2.13. The van der Waals surface area contributed by atoms with Crippen molar-refractivity contribution in [3.63, 3.8) is 0 Å². The van der Waals surface area contributed by atoms with Gasteiger partial charge in [-0.1, -0.05) is 13.8 Å². The fraction of sp³-hybridized carbons (Fsp3) is 1.00. The van der Waals surface area contributed by atoms with Crippen LogP contribution in [-0.4, -0.2) is 38.0 Å². The quantitative estimate of drug-likeness (QED) is 0.678. The molecule has 3 nitrogen and oxygen atoms in total. The molecular formula is C11H23NO2. The maximum absolute atomic E-state index is 5.85. The Hall–Kier alpha value is -0.120. The lowest BCUT2D eigenvalue weighted by Gasteiger charge is -2.32. The van der Waals surface area contributed by atoms with Gasteiger partial charge >= 0.3 is 0 Å². The zero-order valence-corrected chi connectivity index (χ0v) is 9.58. The fourth-order valence-corrected chi connectivity index (χ4v) is 1.66. The van der Waals surface area contributed by atoms with Crippen LogP contribution in [0.15, 0.2) is 0 Å². The van der Waals surface area contributed by atoms with Gasteiger partial charge in [-0.05, 0) is 26.3 Å². The maximum atomic E-state index is 5.85. The highest BCUT2D eigenvalue weighted by atomic mass is 16.6. The summed E-state index contributed by atoms with van der Waals surface area (Å²) in [7, 11) is 0. The zero-order chi connectivity index (χ0) is 10.4. The zero-order valence-electron chi connectivity index (χ0n) is 9.58. The summed E-state index contributed by atoms with van der Waals surface area (Å²) in [6, 6.07) is 0.482. The monoisotopic (exact) mass is 201 g/mol. The predicted molar refractivity (Wildman–Crippen MR) is 57.5 cm³/mol. The van der Waals surface area contributed by atoms with Gasteiger partial charge in [-0.2, -0.15) is 0 Å². The summed E-state index contributed by atoms with van der Waals surface area (Å²) in [5.74, 6) is 0. The van der Waals surface area contributed by atoms with Crippen LogP contribution in [0.5, 0.6) is 0 Å². The Morgan fingerprint density at radius 3 is 2.57 bits per heavy atom. The van der Waals surface area contributed by atoms with E-state index in [0.717, 1.165) is 26.2 Å². The average molecular weight is 201 g/mol. The molecule has 1 N–H and O–H groups in total. The van der Waals surface area contributed by atoms with Crippen LogP contribution >= 0.6 is 0 Å². The third-order valence-electron chi connectivity index (χ3n) is 2.68. The minimum atomic E-state index is 0.292. The van der Waals surface area contributed by atoms with E-state index >= 15 is 0 Å². The first-order valence-corrected chi connectivity index (χ1v) is 5.74. The van der Waals surface area contributed by atoms with Crippen molar-refractivity contribution in [3.8, 4) is 0 Å². The van der Waals surface area contributed by atoms with E-state index in [0.29, 0.717) is 18.2 Å². The number of ether oxygens (including phenoxy) is 2. The van der Waals surface area contributed by atoms with E-state index in [1.54, 1.807) is 0 Å². The van der Waals surface area contributed by atoms with Crippen LogP contribution in [-0.2, 0) is 9.47 Å². The molecule has 0 bridgehead atoms. The number of rotatable bonds is 7. The minimum absolute atomic E-state index is 0.292. The highest BCUT2D eigenvalue weighted by Gasteiger charge is 2.24. The molecule has 3 heteroatoms. The Morgan fingerprint density at radius 1 is 1.43 bits per heavy atom. The fourth-order valence-electron chi connectivity index (χ4n) is 1.66. The van der Waals surface area contributed by atoms with E-state index in [-0.39, 0.29) is 0 Å². The topological polar surface area (TPSA) is 30.5 Å². The molecule has 0 radical (unpaired) electrons. The van der Waals surface area contributed by atoms with Crippen molar-refractivity contribution >= 4 is 0 Å². The summed E-state index contributed by atoms with van der Waals surface area (Å²) < 4.78 is 10.9. The molecule has 14 heavy (non-hydrogen) atoms. The van der Waals surface area contributed by atoms with Crippen molar-refractivity contribution in [1.29, 1.82) is 0 Å². The van der Waals surface area contributed by atoms with Gasteiger partial charge in [0.1, 0.15) is 6.10 Å². The molecule has 2 unspecified atom stereocenters. The van der Waals surface area contributed by atoms with E-state index in [1.165, 1.54) is 6.42 Å². The molecular weight excluding hydrogens is 178 g/mol. The molecule has 0 spiro atoms. The molecule has 0 aromatic carbocycles. The lowest BCUT2D eigenvalue weighted by Crippen LogP contribution is -2.46. The van der Waals surface area contributed by atoms with E-state index in [9.17, 15) is 0 Å². The van der Waals surface area contributed by atoms with Gasteiger partial charge < -0.3 is 14.8 Å². The van der Waals surface area contributed by atoms with Crippen molar-refractivity contribution in [2.45, 2.75) is 51.9 Å². The molecule has 0 aromatic heterocycles. The van der Waals surface area contributed by atoms with E-state index < -0.39 is 0 Å². The van der Waals surface area contributed by atoms with Gasteiger partial charge in [0, 0.05) is 6.04 Å². The largest absolute Gasteiger partial charge is 0.376 e. The second kappa shape index (κ2) is 6.38. The van der Waals surface area contributed by atoms with Gasteiger partial charge in [0.2, 0.25) is 0 Å². The molecule has 0 aromatic rings. The van der Waals surface area contributed by atoms with Crippen LogP contribution in [0.2, 0.25) is 0 Å². The Bertz CT molecular complexity index is 148. The van der Waals surface area contributed by atoms with Crippen molar-refractivity contribution in [2.75, 3.05) is 19.8 Å². The van der Waals surface area contributed by atoms with Crippen LogP contribution in [0.3, 0.4) is 0 Å². The van der Waals surface area contributed by atoms with Crippen LogP contribution in [0.4, 0.5) is 0 Å². The summed E-state index contributed by atoms with van der Waals surface area (Å²) in [5.41, 5.74) is 0. The molecule has 1 fully saturated rings. The smallest absolute Gasteiger partial charge is 0.105 e. The Balaban J connectivity index is 2.19. The van der Waals surface area contributed by atoms with Crippen LogP contribution in [0.25, 0.3) is 0 Å². The van der Waals surface area contributed by atoms with Crippen molar-refractivity contribution < 1.29 is 9.47 Å². The summed E-state index contributed by atoms with van der Waals surface area (Å²) >= 11 is 0. The molecule has 1 saturated heterocycles. The van der Waals surface area contributed by atoms with Crippen molar-refractivity contribution in [2.24, 2.45) is 0 Å². The molecule has 1 aliphatic heterocycles. The Kier molecular flexibility index (Phi) is 5.45. The van der Waals surface area contributed by atoms with Gasteiger partial charge in [-0.3, -0.25) is 0 Å². The highest BCUT2D eigenvalue weighted by molar-refractivity contribution is 4.75. The highest BCUT2D eigenvalue weighted by Crippen LogP contribution is 2.12. The van der Waals surface area contributed by atoms with E-state index in [4.69, 9.17) is 9.47 Å². The second-order valence-electron chi connectivity index (χ2n) is 3.97. The van der Waals surface area contributed by atoms with Crippen molar-refractivity contribution in [3.05, 3.63) is 0 Å². The summed E-state index contributed by atoms with van der Waals surface area (Å²) in [5, 5.41) is 3.51. The molecule has 1 heterocycles. The minimum Gasteiger partial charge on any atom is -0.376 e. The summed E-state index contributed by atoms with van der Waals surface area (Å²) in [6.07, 6.45) is 2.92. The molecule has 84 valence electrons. The Morgan fingerprint density at radius 2 is 2.14 bits per heavy atom. The van der Waals surface area contributed by atoms with Crippen LogP contribution in [0.1, 0.15) is 33.6 Å². The van der Waals surface area contributed by atoms with Crippen LogP contribution < -0.4 is 5.32 Å². The molecule has 0 aliphatic carbocycles. The predicted octanol–water partition coefficient (Wildman–Crippen LogP) is 1.57. The molecule has 2 atom stereocenters. The van der Waals surface area contributed by atoms with Gasteiger partial charge in [0.15, 0.2) is 0 Å². The van der Waals surface area contributed by atoms with Crippen molar-refractivity contribution in [1.82, 2.24) is 5.32 Å². The lowest BCUT2D eigenvalue weighted by atomic mass is 10.1. The third-order valence-corrected chi connectivity index (χ3v) is 2.68. The normalized spacial score (nSPS) is 21.6. The number of hydrogen-bond acceptors (Lipinski definition) is 3. The Labute approximate surface area is 87.2 Å². The molecule has 0 amide bonds. The van der Waals surface area contributed by atoms with Gasteiger partial charge in [0.25, 0.3) is 0 Å². The first-order valence-electron chi connectivity index (χ1n) is 5.74. The first-order chi connectivity index (χ1) is 6.77. The summed E-state index contributed by atoms with van der Waals surface area (Å²) in [6.45, 7) is 9.15. The number of nitrogens with one attached hydrogen (secondary N) is 1. The third kappa shape index (κ3) is 3.56. The van der Waals surface area contributed by atoms with Crippen LogP contribution in [0, 0.1) is 0 Å². The van der Waals surface area contributed by atoms with E-state index in [1.807, 2.05) is 0 Å². The van der Waals surface area contributed by atoms with Gasteiger partial charge in [-0.25, -0.2) is 0 Å². The van der Waals surface area contributed by atoms with Gasteiger partial charge in [-0.15, -0.1) is 0 Å². The van der Waals surface area contributed by atoms with E-state index in [2.05, 4.69) is 26.1 Å². The SMILES string of the molecule is CCCNC(CC)C(C)OC1COC1. The first kappa shape index (κ1) is 12.0. The summed E-state index contributed by atoms with van der Waals surface area (Å²) in [4.78, 5) is 0. The molecule has 1 aliphatic rings. The second-order valence-corrected chi connectivity index (χ2v) is 3.97. The standard InChI is InChI=1S/C11H23NO2/c1-4-6-12-11(5-2)9(3)14-10-7-13-8-10/h9-12H,4-8H2,1-3H3.